The van der Waals surface area contributed by atoms with Gasteiger partial charge in [-0.15, -0.1) is 0 Å². The van der Waals surface area contributed by atoms with E-state index in [2.05, 4.69) is 5.32 Å². The molecular formula is C14H8Cl2N4O4. The van der Waals surface area contributed by atoms with Crippen molar-refractivity contribution >= 4 is 40.5 Å². The fourth-order valence-corrected chi connectivity index (χ4v) is 2.19. The van der Waals surface area contributed by atoms with Crippen LogP contribution in [0.25, 0.3) is 0 Å². The van der Waals surface area contributed by atoms with Crippen molar-refractivity contribution in [3.63, 3.8) is 0 Å². The van der Waals surface area contributed by atoms with Crippen molar-refractivity contribution in [3.05, 3.63) is 66.5 Å². The Morgan fingerprint density at radius 3 is 2.71 bits per heavy atom. The largest absolute Gasteiger partial charge is 0.323 e. The Morgan fingerprint density at radius 2 is 2.08 bits per heavy atom. The van der Waals surface area contributed by atoms with Gasteiger partial charge in [-0.3, -0.25) is 24.3 Å². The average molecular weight is 367 g/mol. The fraction of sp³-hybridized carbons (Fsp3) is 0.0714. The number of carbonyl (C=O) groups is 1. The number of rotatable bonds is 4. The smallest absolute Gasteiger partial charge is 0.287 e. The van der Waals surface area contributed by atoms with Gasteiger partial charge in [-0.1, -0.05) is 23.2 Å². The number of nitriles is 1. The molecule has 1 aromatic carbocycles. The van der Waals surface area contributed by atoms with Crippen molar-refractivity contribution in [1.29, 1.82) is 5.26 Å². The van der Waals surface area contributed by atoms with Gasteiger partial charge in [-0.25, -0.2) is 0 Å². The van der Waals surface area contributed by atoms with E-state index in [0.29, 0.717) is 5.02 Å². The van der Waals surface area contributed by atoms with E-state index in [9.17, 15) is 19.7 Å². The normalized spacial score (nSPS) is 10.0. The highest BCUT2D eigenvalue weighted by Gasteiger charge is 2.16. The Hall–Kier alpha value is -2.89. The van der Waals surface area contributed by atoms with Crippen LogP contribution >= 0.6 is 23.2 Å². The maximum absolute atomic E-state index is 12.1. The van der Waals surface area contributed by atoms with Gasteiger partial charge in [0.15, 0.2) is 0 Å². The van der Waals surface area contributed by atoms with Crippen LogP contribution in [0.15, 0.2) is 35.3 Å². The summed E-state index contributed by atoms with van der Waals surface area (Å²) in [7, 11) is 0. The van der Waals surface area contributed by atoms with Crippen LogP contribution in [-0.2, 0) is 11.3 Å². The molecule has 0 unspecified atom stereocenters. The molecule has 10 heteroatoms. The van der Waals surface area contributed by atoms with E-state index in [1.807, 2.05) is 0 Å². The molecule has 1 aromatic heterocycles. The SMILES string of the molecule is N#Cc1cc([N+](=O)[O-])cn(CC(=O)Nc2cc(Cl)ccc2Cl)c1=O. The standard InChI is InChI=1S/C14H8Cl2N4O4/c15-9-1-2-11(16)12(4-9)18-13(21)7-19-6-10(20(23)24)3-8(5-17)14(19)22/h1-4,6H,7H2,(H,18,21). The Balaban J connectivity index is 2.30. The molecular weight excluding hydrogens is 359 g/mol. The summed E-state index contributed by atoms with van der Waals surface area (Å²) < 4.78 is 0.782. The lowest BCUT2D eigenvalue weighted by Crippen LogP contribution is -2.29. The van der Waals surface area contributed by atoms with Crippen molar-refractivity contribution < 1.29 is 9.72 Å². The lowest BCUT2D eigenvalue weighted by atomic mass is 10.2. The second-order valence-electron chi connectivity index (χ2n) is 4.59. The third-order valence-corrected chi connectivity index (χ3v) is 3.48. The third-order valence-electron chi connectivity index (χ3n) is 2.92. The quantitative estimate of drug-likeness (QED) is 0.658. The van der Waals surface area contributed by atoms with Crippen LogP contribution < -0.4 is 10.9 Å². The Kier molecular flexibility index (Phi) is 5.18. The molecule has 1 heterocycles. The molecule has 0 fully saturated rings. The zero-order valence-electron chi connectivity index (χ0n) is 11.8. The van der Waals surface area contributed by atoms with E-state index in [-0.39, 0.29) is 10.7 Å². The number of aromatic nitrogens is 1. The first-order valence-corrected chi connectivity index (χ1v) is 7.11. The lowest BCUT2D eigenvalue weighted by Gasteiger charge is -2.09. The second kappa shape index (κ2) is 7.12. The predicted molar refractivity (Wildman–Crippen MR) is 87.2 cm³/mol. The van der Waals surface area contributed by atoms with Crippen LogP contribution in [0.1, 0.15) is 5.56 Å². The van der Waals surface area contributed by atoms with Crippen molar-refractivity contribution in [2.75, 3.05) is 5.32 Å². The first kappa shape index (κ1) is 17.5. The summed E-state index contributed by atoms with van der Waals surface area (Å²) >= 11 is 11.7. The van der Waals surface area contributed by atoms with Crippen molar-refractivity contribution in [3.8, 4) is 6.07 Å². The minimum atomic E-state index is -0.810. The molecule has 0 aliphatic heterocycles. The molecule has 0 spiro atoms. The van der Waals surface area contributed by atoms with Crippen molar-refractivity contribution in [2.24, 2.45) is 0 Å². The van der Waals surface area contributed by atoms with E-state index in [1.165, 1.54) is 18.2 Å². The number of benzene rings is 1. The number of nitrogens with zero attached hydrogens (tertiary/aromatic N) is 3. The van der Waals surface area contributed by atoms with Gasteiger partial charge < -0.3 is 5.32 Å². The molecule has 122 valence electrons. The minimum Gasteiger partial charge on any atom is -0.323 e. The monoisotopic (exact) mass is 366 g/mol. The van der Waals surface area contributed by atoms with Crippen molar-refractivity contribution in [2.45, 2.75) is 6.54 Å². The molecule has 0 aliphatic rings. The summed E-state index contributed by atoms with van der Waals surface area (Å²) in [6.45, 7) is -0.530. The van der Waals surface area contributed by atoms with Gasteiger partial charge >= 0.3 is 0 Å². The number of hydrogen-bond donors (Lipinski definition) is 1. The lowest BCUT2D eigenvalue weighted by molar-refractivity contribution is -0.385. The molecule has 0 saturated carbocycles. The Bertz CT molecular complexity index is 933. The average Bonchev–Trinajstić information content (AvgIpc) is 2.52. The number of carbonyl (C=O) groups excluding carboxylic acids is 1. The van der Waals surface area contributed by atoms with Gasteiger partial charge in [0.1, 0.15) is 18.2 Å². The van der Waals surface area contributed by atoms with E-state index >= 15 is 0 Å². The number of hydrogen-bond acceptors (Lipinski definition) is 5. The van der Waals surface area contributed by atoms with Crippen LogP contribution in [0.2, 0.25) is 10.0 Å². The van der Waals surface area contributed by atoms with E-state index < -0.39 is 34.2 Å². The van der Waals surface area contributed by atoms with Gasteiger partial charge in [0.25, 0.3) is 11.2 Å². The van der Waals surface area contributed by atoms with Crippen LogP contribution in [0.5, 0.6) is 0 Å². The van der Waals surface area contributed by atoms with Crippen LogP contribution in [0.4, 0.5) is 11.4 Å². The number of pyridine rings is 1. The molecule has 0 saturated heterocycles. The zero-order valence-corrected chi connectivity index (χ0v) is 13.3. The van der Waals surface area contributed by atoms with E-state index in [1.54, 1.807) is 6.07 Å². The van der Waals surface area contributed by atoms with Crippen LogP contribution in [-0.4, -0.2) is 15.4 Å². The van der Waals surface area contributed by atoms with E-state index in [4.69, 9.17) is 28.5 Å². The summed E-state index contributed by atoms with van der Waals surface area (Å²) in [6, 6.07) is 6.84. The maximum Gasteiger partial charge on any atom is 0.287 e. The Morgan fingerprint density at radius 1 is 1.38 bits per heavy atom. The van der Waals surface area contributed by atoms with Gasteiger partial charge in [0, 0.05) is 11.1 Å². The third kappa shape index (κ3) is 3.90. The van der Waals surface area contributed by atoms with Crippen molar-refractivity contribution in [1.82, 2.24) is 4.57 Å². The number of anilines is 1. The molecule has 0 radical (unpaired) electrons. The highest BCUT2D eigenvalue weighted by Crippen LogP contribution is 2.25. The number of amides is 1. The Labute approximate surface area is 145 Å². The first-order valence-electron chi connectivity index (χ1n) is 6.35. The fourth-order valence-electron chi connectivity index (χ4n) is 1.86. The molecule has 0 atom stereocenters. The summed E-state index contributed by atoms with van der Waals surface area (Å²) in [5.41, 5.74) is -1.49. The summed E-state index contributed by atoms with van der Waals surface area (Å²) in [5.74, 6) is -0.661. The highest BCUT2D eigenvalue weighted by molar-refractivity contribution is 6.35. The second-order valence-corrected chi connectivity index (χ2v) is 5.43. The zero-order chi connectivity index (χ0) is 17.9. The van der Waals surface area contributed by atoms with Gasteiger partial charge in [-0.05, 0) is 18.2 Å². The molecule has 2 aromatic rings. The first-order chi connectivity index (χ1) is 11.3. The summed E-state index contributed by atoms with van der Waals surface area (Å²) in [5, 5.41) is 22.7. The number of nitro groups is 1. The van der Waals surface area contributed by atoms with Gasteiger partial charge in [-0.2, -0.15) is 5.26 Å². The topological polar surface area (TPSA) is 118 Å². The summed E-state index contributed by atoms with van der Waals surface area (Å²) in [4.78, 5) is 34.1. The molecule has 0 aliphatic carbocycles. The maximum atomic E-state index is 12.1. The van der Waals surface area contributed by atoms with Gasteiger partial charge in [0.2, 0.25) is 5.91 Å². The summed E-state index contributed by atoms with van der Waals surface area (Å²) in [6.07, 6.45) is 0.891. The van der Waals surface area contributed by atoms with Crippen LogP contribution in [0.3, 0.4) is 0 Å². The molecule has 8 nitrogen and oxygen atoms in total. The highest BCUT2D eigenvalue weighted by atomic mass is 35.5. The molecule has 1 N–H and O–H groups in total. The van der Waals surface area contributed by atoms with E-state index in [0.717, 1.165) is 16.8 Å². The van der Waals surface area contributed by atoms with Crippen LogP contribution in [0, 0.1) is 21.4 Å². The minimum absolute atomic E-state index is 0.230. The predicted octanol–water partition coefficient (Wildman–Crippen LogP) is 2.57. The number of halogens is 2. The molecule has 1 amide bonds. The molecule has 24 heavy (non-hydrogen) atoms. The molecule has 0 bridgehead atoms. The van der Waals surface area contributed by atoms with Gasteiger partial charge in [0.05, 0.1) is 21.8 Å². The molecule has 2 rings (SSSR count). The number of nitrogens with one attached hydrogen (secondary N) is 1.